The number of aliphatic hydroxyl groups excluding tert-OH is 1. The molecule has 0 aliphatic carbocycles. The van der Waals surface area contributed by atoms with Crippen LogP contribution in [-0.2, 0) is 0 Å². The number of aliphatic hydroxyl groups is 1. The number of nitrogens with one attached hydrogen (secondary N) is 1. The molecule has 0 bridgehead atoms. The molecule has 2 unspecified atom stereocenters. The third kappa shape index (κ3) is 4.03. The minimum Gasteiger partial charge on any atom is -0.391 e. The van der Waals surface area contributed by atoms with Gasteiger partial charge < -0.3 is 10.4 Å². The van der Waals surface area contributed by atoms with E-state index in [1.54, 1.807) is 6.07 Å². The second kappa shape index (κ2) is 6.84. The number of nitrogens with zero attached hydrogens (tertiary/aromatic N) is 1. The van der Waals surface area contributed by atoms with Crippen LogP contribution in [0.4, 0.5) is 5.69 Å². The summed E-state index contributed by atoms with van der Waals surface area (Å²) in [6.07, 6.45) is 0.138. The van der Waals surface area contributed by atoms with E-state index in [2.05, 4.69) is 5.32 Å². The molecule has 0 aromatic heterocycles. The molecule has 0 fully saturated rings. The molecule has 19 heavy (non-hydrogen) atoms. The molecule has 1 aromatic carbocycles. The second-order valence-corrected chi connectivity index (χ2v) is 4.44. The van der Waals surface area contributed by atoms with Gasteiger partial charge in [0.1, 0.15) is 5.56 Å². The molecule has 0 aliphatic rings. The van der Waals surface area contributed by atoms with Gasteiger partial charge in [-0.2, -0.15) is 0 Å². The van der Waals surface area contributed by atoms with Crippen LogP contribution in [0.2, 0.25) is 0 Å². The first-order valence-electron chi connectivity index (χ1n) is 6.17. The van der Waals surface area contributed by atoms with Crippen molar-refractivity contribution in [2.45, 2.75) is 26.4 Å². The van der Waals surface area contributed by atoms with Crippen molar-refractivity contribution < 1.29 is 14.8 Å². The number of nitro groups is 1. The Hall–Kier alpha value is -1.95. The first kappa shape index (κ1) is 15.1. The van der Waals surface area contributed by atoms with Crippen molar-refractivity contribution in [1.29, 1.82) is 0 Å². The van der Waals surface area contributed by atoms with Crippen molar-refractivity contribution in [3.63, 3.8) is 0 Å². The lowest BCUT2D eigenvalue weighted by molar-refractivity contribution is -0.385. The van der Waals surface area contributed by atoms with Crippen molar-refractivity contribution in [1.82, 2.24) is 5.32 Å². The minimum absolute atomic E-state index is 0.00357. The molecular weight excluding hydrogens is 248 g/mol. The molecule has 2 atom stereocenters. The number of para-hydroxylation sites is 1. The van der Waals surface area contributed by atoms with Gasteiger partial charge in [-0.05, 0) is 12.0 Å². The molecule has 0 saturated heterocycles. The zero-order valence-corrected chi connectivity index (χ0v) is 11.0. The molecular formula is C13H18N2O4. The molecule has 0 saturated carbocycles. The smallest absolute Gasteiger partial charge is 0.282 e. The fourth-order valence-corrected chi connectivity index (χ4v) is 1.59. The summed E-state index contributed by atoms with van der Waals surface area (Å²) in [5.41, 5.74) is -0.234. The Kier molecular flexibility index (Phi) is 5.44. The van der Waals surface area contributed by atoms with E-state index < -0.39 is 16.9 Å². The number of hydrogen-bond acceptors (Lipinski definition) is 4. The quantitative estimate of drug-likeness (QED) is 0.605. The predicted octanol–water partition coefficient (Wildman–Crippen LogP) is 1.73. The first-order chi connectivity index (χ1) is 8.97. The van der Waals surface area contributed by atoms with Gasteiger partial charge >= 0.3 is 0 Å². The zero-order chi connectivity index (χ0) is 14.4. The molecule has 6 nitrogen and oxygen atoms in total. The summed E-state index contributed by atoms with van der Waals surface area (Å²) >= 11 is 0. The van der Waals surface area contributed by atoms with Crippen molar-refractivity contribution in [2.24, 2.45) is 5.92 Å². The van der Waals surface area contributed by atoms with Gasteiger partial charge in [0.05, 0.1) is 11.0 Å². The highest BCUT2D eigenvalue weighted by molar-refractivity contribution is 5.98. The van der Waals surface area contributed by atoms with E-state index in [1.807, 2.05) is 13.8 Å². The average molecular weight is 266 g/mol. The Balaban J connectivity index is 2.71. The maximum atomic E-state index is 11.9. The number of carbonyl (C=O) groups excluding carboxylic acids is 1. The summed E-state index contributed by atoms with van der Waals surface area (Å²) in [7, 11) is 0. The summed E-state index contributed by atoms with van der Waals surface area (Å²) in [4.78, 5) is 22.1. The lowest BCUT2D eigenvalue weighted by Crippen LogP contribution is -2.35. The average Bonchev–Trinajstić information content (AvgIpc) is 2.43. The maximum Gasteiger partial charge on any atom is 0.282 e. The van der Waals surface area contributed by atoms with Crippen LogP contribution in [0.3, 0.4) is 0 Å². The molecule has 1 aromatic rings. The molecule has 1 rings (SSSR count). The number of amides is 1. The lowest BCUT2D eigenvalue weighted by Gasteiger charge is -2.17. The van der Waals surface area contributed by atoms with Crippen LogP contribution in [0.1, 0.15) is 30.6 Å². The fourth-order valence-electron chi connectivity index (χ4n) is 1.59. The van der Waals surface area contributed by atoms with E-state index in [0.29, 0.717) is 0 Å². The van der Waals surface area contributed by atoms with E-state index in [9.17, 15) is 20.0 Å². The summed E-state index contributed by atoms with van der Waals surface area (Å²) in [6.45, 7) is 3.90. The SMILES string of the molecule is CCC(C)C(O)CNC(=O)c1ccccc1[N+](=O)[O-]. The summed E-state index contributed by atoms with van der Waals surface area (Å²) in [5, 5.41) is 23.1. The summed E-state index contributed by atoms with van der Waals surface area (Å²) < 4.78 is 0. The molecule has 0 spiro atoms. The highest BCUT2D eigenvalue weighted by atomic mass is 16.6. The Morgan fingerprint density at radius 2 is 2.11 bits per heavy atom. The Labute approximate surface area is 111 Å². The second-order valence-electron chi connectivity index (χ2n) is 4.44. The van der Waals surface area contributed by atoms with Gasteiger partial charge in [-0.3, -0.25) is 14.9 Å². The van der Waals surface area contributed by atoms with Crippen LogP contribution < -0.4 is 5.32 Å². The predicted molar refractivity (Wildman–Crippen MR) is 70.9 cm³/mol. The first-order valence-corrected chi connectivity index (χ1v) is 6.17. The highest BCUT2D eigenvalue weighted by Crippen LogP contribution is 2.17. The molecule has 0 radical (unpaired) electrons. The van der Waals surface area contributed by atoms with E-state index in [0.717, 1.165) is 6.42 Å². The summed E-state index contributed by atoms with van der Waals surface area (Å²) in [5.74, 6) is -0.485. The number of hydrogen-bond donors (Lipinski definition) is 2. The normalized spacial score (nSPS) is 13.6. The van der Waals surface area contributed by atoms with E-state index in [4.69, 9.17) is 0 Å². The largest absolute Gasteiger partial charge is 0.391 e. The van der Waals surface area contributed by atoms with Crippen LogP contribution in [-0.4, -0.2) is 28.6 Å². The zero-order valence-electron chi connectivity index (χ0n) is 11.0. The molecule has 2 N–H and O–H groups in total. The number of benzene rings is 1. The van der Waals surface area contributed by atoms with Crippen LogP contribution in [0.5, 0.6) is 0 Å². The number of rotatable bonds is 6. The fraction of sp³-hybridized carbons (Fsp3) is 0.462. The van der Waals surface area contributed by atoms with E-state index >= 15 is 0 Å². The van der Waals surface area contributed by atoms with Gasteiger partial charge in [0.2, 0.25) is 0 Å². The molecule has 0 heterocycles. The minimum atomic E-state index is -0.656. The topological polar surface area (TPSA) is 92.5 Å². The standard InChI is InChI=1S/C13H18N2O4/c1-3-9(2)12(16)8-14-13(17)10-6-4-5-7-11(10)15(18)19/h4-7,9,12,16H,3,8H2,1-2H3,(H,14,17). The molecule has 6 heteroatoms. The van der Waals surface area contributed by atoms with E-state index in [-0.39, 0.29) is 23.7 Å². The maximum absolute atomic E-state index is 11.9. The van der Waals surface area contributed by atoms with Crippen molar-refractivity contribution in [3.8, 4) is 0 Å². The van der Waals surface area contributed by atoms with E-state index in [1.165, 1.54) is 18.2 Å². The number of carbonyl (C=O) groups is 1. The third-order valence-electron chi connectivity index (χ3n) is 3.12. The van der Waals surface area contributed by atoms with Gasteiger partial charge in [-0.15, -0.1) is 0 Å². The van der Waals surface area contributed by atoms with Crippen LogP contribution >= 0.6 is 0 Å². The molecule has 1 amide bonds. The highest BCUT2D eigenvalue weighted by Gasteiger charge is 2.20. The van der Waals surface area contributed by atoms with Crippen molar-refractivity contribution in [3.05, 3.63) is 39.9 Å². The lowest BCUT2D eigenvalue weighted by atomic mass is 10.0. The van der Waals surface area contributed by atoms with Gasteiger partial charge in [0.25, 0.3) is 11.6 Å². The summed E-state index contributed by atoms with van der Waals surface area (Å²) in [6, 6.07) is 5.74. The van der Waals surface area contributed by atoms with Gasteiger partial charge in [0.15, 0.2) is 0 Å². The van der Waals surface area contributed by atoms with Crippen LogP contribution in [0.25, 0.3) is 0 Å². The third-order valence-corrected chi connectivity index (χ3v) is 3.12. The monoisotopic (exact) mass is 266 g/mol. The van der Waals surface area contributed by atoms with Crippen LogP contribution in [0, 0.1) is 16.0 Å². The molecule has 0 aliphatic heterocycles. The van der Waals surface area contributed by atoms with Crippen molar-refractivity contribution >= 4 is 11.6 Å². The Bertz CT molecular complexity index is 462. The Morgan fingerprint density at radius 3 is 2.68 bits per heavy atom. The Morgan fingerprint density at radius 1 is 1.47 bits per heavy atom. The molecule has 104 valence electrons. The van der Waals surface area contributed by atoms with Gasteiger partial charge in [-0.1, -0.05) is 32.4 Å². The van der Waals surface area contributed by atoms with Crippen molar-refractivity contribution in [2.75, 3.05) is 6.54 Å². The van der Waals surface area contributed by atoms with Gasteiger partial charge in [-0.25, -0.2) is 0 Å². The number of nitro benzene ring substituents is 1. The van der Waals surface area contributed by atoms with Crippen LogP contribution in [0.15, 0.2) is 24.3 Å². The van der Waals surface area contributed by atoms with Gasteiger partial charge in [0, 0.05) is 12.6 Å².